The zero-order valence-electron chi connectivity index (χ0n) is 20.1. The molecule has 174 valence electrons. The number of ether oxygens (including phenoxy) is 1. The zero-order chi connectivity index (χ0) is 24.5. The molecule has 0 spiro atoms. The van der Waals surface area contributed by atoms with Gasteiger partial charge in [0.2, 0.25) is 0 Å². The van der Waals surface area contributed by atoms with Crippen molar-refractivity contribution in [3.8, 4) is 11.1 Å². The number of carbonyl (C=O) groups excluding carboxylic acids is 1. The van der Waals surface area contributed by atoms with Crippen LogP contribution in [-0.2, 0) is 11.3 Å². The molecule has 3 N–H and O–H groups in total. The fourth-order valence-electron chi connectivity index (χ4n) is 3.79. The molecule has 2 aromatic carbocycles. The molecule has 0 aliphatic rings. The monoisotopic (exact) mass is 448 g/mol. The molecule has 0 saturated heterocycles. The first-order valence-electron chi connectivity index (χ1n) is 11.0. The van der Waals surface area contributed by atoms with Crippen molar-refractivity contribution in [1.29, 1.82) is 5.41 Å². The highest BCUT2D eigenvalue weighted by molar-refractivity contribution is 6.08. The van der Waals surface area contributed by atoms with Crippen LogP contribution in [0.15, 0.2) is 53.3 Å². The SMILES string of the molecule is CC(C)Cn1c(N(C)C(=O)OC(C)(C)C)c(-c2ccccc2)c2cc(C(=N)N)ccc2c1=O. The van der Waals surface area contributed by atoms with Gasteiger partial charge in [-0.3, -0.25) is 19.7 Å². The number of amides is 1. The first-order chi connectivity index (χ1) is 15.4. The number of aromatic nitrogens is 1. The number of hydrogen-bond acceptors (Lipinski definition) is 4. The van der Waals surface area contributed by atoms with Gasteiger partial charge in [-0.1, -0.05) is 50.2 Å². The molecule has 3 rings (SSSR count). The van der Waals surface area contributed by atoms with Crippen LogP contribution in [-0.4, -0.2) is 29.1 Å². The van der Waals surface area contributed by atoms with E-state index < -0.39 is 11.7 Å². The summed E-state index contributed by atoms with van der Waals surface area (Å²) in [6.45, 7) is 9.88. The average molecular weight is 449 g/mol. The lowest BCUT2D eigenvalue weighted by atomic mass is 9.96. The van der Waals surface area contributed by atoms with Crippen LogP contribution in [0.5, 0.6) is 0 Å². The van der Waals surface area contributed by atoms with E-state index in [0.29, 0.717) is 34.3 Å². The molecule has 1 aromatic heterocycles. The standard InChI is InChI=1S/C26H32N4O3/c1-16(2)15-30-23(29(6)25(32)33-26(3,4)5)21(17-10-8-7-9-11-17)20-14-18(22(27)28)12-13-19(20)24(30)31/h7-14,16H,15H2,1-6H3,(H3,27,28). The minimum absolute atomic E-state index is 0.0932. The maximum Gasteiger partial charge on any atom is 0.415 e. The van der Waals surface area contributed by atoms with Crippen LogP contribution in [0.25, 0.3) is 21.9 Å². The van der Waals surface area contributed by atoms with Gasteiger partial charge in [-0.25, -0.2) is 4.79 Å². The molecule has 3 aromatic rings. The number of anilines is 1. The van der Waals surface area contributed by atoms with E-state index in [1.54, 1.807) is 50.6 Å². The summed E-state index contributed by atoms with van der Waals surface area (Å²) < 4.78 is 7.28. The van der Waals surface area contributed by atoms with Gasteiger partial charge < -0.3 is 10.5 Å². The Bertz CT molecular complexity index is 1250. The molecule has 0 fully saturated rings. The van der Waals surface area contributed by atoms with Crippen molar-refractivity contribution in [2.24, 2.45) is 11.7 Å². The van der Waals surface area contributed by atoms with Crippen molar-refractivity contribution >= 4 is 28.5 Å². The summed E-state index contributed by atoms with van der Waals surface area (Å²) in [6.07, 6.45) is -0.557. The van der Waals surface area contributed by atoms with Crippen LogP contribution in [0.4, 0.5) is 10.6 Å². The van der Waals surface area contributed by atoms with Crippen LogP contribution >= 0.6 is 0 Å². The topological polar surface area (TPSA) is 101 Å². The minimum Gasteiger partial charge on any atom is -0.443 e. The first-order valence-corrected chi connectivity index (χ1v) is 11.0. The molecule has 0 radical (unpaired) electrons. The van der Waals surface area contributed by atoms with Gasteiger partial charge in [0, 0.05) is 30.1 Å². The molecule has 1 amide bonds. The van der Waals surface area contributed by atoms with E-state index in [2.05, 4.69) is 0 Å². The fraction of sp³-hybridized carbons (Fsp3) is 0.346. The first kappa shape index (κ1) is 24.0. The Morgan fingerprint density at radius 3 is 2.30 bits per heavy atom. The van der Waals surface area contributed by atoms with Crippen LogP contribution in [0.3, 0.4) is 0 Å². The minimum atomic E-state index is -0.694. The largest absolute Gasteiger partial charge is 0.443 e. The molecule has 0 saturated carbocycles. The number of nitrogens with two attached hydrogens (primary N) is 1. The second-order valence-corrected chi connectivity index (χ2v) is 9.59. The van der Waals surface area contributed by atoms with Crippen molar-refractivity contribution in [3.63, 3.8) is 0 Å². The van der Waals surface area contributed by atoms with E-state index in [9.17, 15) is 9.59 Å². The molecule has 0 bridgehead atoms. The molecule has 0 aliphatic carbocycles. The Hall–Kier alpha value is -3.61. The van der Waals surface area contributed by atoms with E-state index in [0.717, 1.165) is 5.56 Å². The van der Waals surface area contributed by atoms with Crippen molar-refractivity contribution in [2.45, 2.75) is 46.8 Å². The maximum absolute atomic E-state index is 13.7. The summed E-state index contributed by atoms with van der Waals surface area (Å²) in [5.74, 6) is 0.512. The smallest absolute Gasteiger partial charge is 0.415 e. The van der Waals surface area contributed by atoms with Gasteiger partial charge in [-0.05, 0) is 49.8 Å². The summed E-state index contributed by atoms with van der Waals surface area (Å²) in [5.41, 5.74) is 6.91. The van der Waals surface area contributed by atoms with Crippen molar-refractivity contribution in [3.05, 3.63) is 64.4 Å². The zero-order valence-corrected chi connectivity index (χ0v) is 20.1. The third-order valence-electron chi connectivity index (χ3n) is 5.15. The van der Waals surface area contributed by atoms with Gasteiger partial charge in [0.1, 0.15) is 17.3 Å². The van der Waals surface area contributed by atoms with Gasteiger partial charge in [-0.15, -0.1) is 0 Å². The lowest BCUT2D eigenvalue weighted by Crippen LogP contribution is -2.38. The molecular weight excluding hydrogens is 416 g/mol. The van der Waals surface area contributed by atoms with Crippen LogP contribution in [0.1, 0.15) is 40.2 Å². The van der Waals surface area contributed by atoms with Crippen molar-refractivity contribution in [2.75, 3.05) is 11.9 Å². The number of nitrogens with one attached hydrogen (secondary N) is 1. The third kappa shape index (κ3) is 5.08. The maximum atomic E-state index is 13.7. The summed E-state index contributed by atoms with van der Waals surface area (Å²) in [5, 5.41) is 9.02. The van der Waals surface area contributed by atoms with Crippen molar-refractivity contribution < 1.29 is 9.53 Å². The Kier molecular flexibility index (Phi) is 6.63. The quantitative estimate of drug-likeness (QED) is 0.424. The number of amidine groups is 1. The Morgan fingerprint density at radius 1 is 1.12 bits per heavy atom. The highest BCUT2D eigenvalue weighted by Crippen LogP contribution is 2.37. The molecular formula is C26H32N4O3. The summed E-state index contributed by atoms with van der Waals surface area (Å²) in [7, 11) is 1.62. The number of pyridine rings is 1. The van der Waals surface area contributed by atoms with E-state index >= 15 is 0 Å². The van der Waals surface area contributed by atoms with E-state index in [4.69, 9.17) is 15.9 Å². The predicted octanol–water partition coefficient (Wildman–Crippen LogP) is 4.98. The van der Waals surface area contributed by atoms with Crippen LogP contribution in [0.2, 0.25) is 0 Å². The van der Waals surface area contributed by atoms with E-state index in [-0.39, 0.29) is 17.3 Å². The predicted molar refractivity (Wildman–Crippen MR) is 134 cm³/mol. The number of carbonyl (C=O) groups is 1. The molecule has 0 unspecified atom stereocenters. The van der Waals surface area contributed by atoms with Gasteiger partial charge in [-0.2, -0.15) is 0 Å². The van der Waals surface area contributed by atoms with E-state index in [1.807, 2.05) is 44.2 Å². The Balaban J connectivity index is 2.48. The molecule has 7 nitrogen and oxygen atoms in total. The summed E-state index contributed by atoms with van der Waals surface area (Å²) in [4.78, 5) is 28.2. The average Bonchev–Trinajstić information content (AvgIpc) is 2.73. The van der Waals surface area contributed by atoms with Gasteiger partial charge in [0.05, 0.1) is 0 Å². The Morgan fingerprint density at radius 2 is 1.76 bits per heavy atom. The lowest BCUT2D eigenvalue weighted by Gasteiger charge is -2.29. The van der Waals surface area contributed by atoms with Crippen LogP contribution in [0, 0.1) is 11.3 Å². The van der Waals surface area contributed by atoms with Crippen LogP contribution < -0.4 is 16.2 Å². The molecule has 1 heterocycles. The highest BCUT2D eigenvalue weighted by Gasteiger charge is 2.28. The second kappa shape index (κ2) is 9.10. The summed E-state index contributed by atoms with van der Waals surface area (Å²) in [6, 6.07) is 14.7. The number of benzene rings is 2. The summed E-state index contributed by atoms with van der Waals surface area (Å²) >= 11 is 0. The van der Waals surface area contributed by atoms with Gasteiger partial charge in [0.25, 0.3) is 5.56 Å². The number of hydrogen-bond donors (Lipinski definition) is 2. The third-order valence-corrected chi connectivity index (χ3v) is 5.15. The van der Waals surface area contributed by atoms with Gasteiger partial charge in [0.15, 0.2) is 0 Å². The number of nitrogen functional groups attached to an aromatic ring is 1. The molecule has 0 aliphatic heterocycles. The van der Waals surface area contributed by atoms with Crippen molar-refractivity contribution in [1.82, 2.24) is 4.57 Å². The highest BCUT2D eigenvalue weighted by atomic mass is 16.6. The lowest BCUT2D eigenvalue weighted by molar-refractivity contribution is 0.0587. The van der Waals surface area contributed by atoms with Gasteiger partial charge >= 0.3 is 6.09 Å². The Labute approximate surface area is 194 Å². The molecule has 7 heteroatoms. The normalized spacial score (nSPS) is 11.6. The number of nitrogens with zero attached hydrogens (tertiary/aromatic N) is 2. The number of rotatable bonds is 5. The van der Waals surface area contributed by atoms with E-state index in [1.165, 1.54) is 4.90 Å². The second-order valence-electron chi connectivity index (χ2n) is 9.59. The molecule has 0 atom stereocenters. The number of fused-ring (bicyclic) bond motifs is 1. The fourth-order valence-corrected chi connectivity index (χ4v) is 3.79. The molecule has 33 heavy (non-hydrogen) atoms.